The summed E-state index contributed by atoms with van der Waals surface area (Å²) in [6, 6.07) is 20.7. The quantitative estimate of drug-likeness (QED) is 0.450. The van der Waals surface area contributed by atoms with Gasteiger partial charge in [0.15, 0.2) is 0 Å². The lowest BCUT2D eigenvalue weighted by molar-refractivity contribution is 0.427. The second-order valence-electron chi connectivity index (χ2n) is 4.79. The summed E-state index contributed by atoms with van der Waals surface area (Å²) in [4.78, 5) is 0. The van der Waals surface area contributed by atoms with Crippen molar-refractivity contribution in [1.29, 1.82) is 0 Å². The van der Waals surface area contributed by atoms with Crippen molar-refractivity contribution in [1.82, 2.24) is 0 Å². The van der Waals surface area contributed by atoms with E-state index >= 15 is 0 Å². The predicted octanol–water partition coefficient (Wildman–Crippen LogP) is 5.04. The van der Waals surface area contributed by atoms with Crippen LogP contribution in [-0.2, 0) is 0 Å². The van der Waals surface area contributed by atoms with Crippen molar-refractivity contribution in [3.63, 3.8) is 0 Å². The van der Waals surface area contributed by atoms with E-state index in [1.807, 2.05) is 55.5 Å². The molecule has 1 N–H and O–H groups in total. The van der Waals surface area contributed by atoms with E-state index in [2.05, 4.69) is 30.8 Å². The van der Waals surface area contributed by atoms with Gasteiger partial charge in [-0.25, -0.2) is 0 Å². The fraction of sp³-hybridized carbons (Fsp3) is 0.100. The van der Waals surface area contributed by atoms with E-state index in [-0.39, 0.29) is 0 Å². The number of aliphatic hydroxyl groups is 1. The highest BCUT2D eigenvalue weighted by molar-refractivity contribution is 7.77. The third-order valence-corrected chi connectivity index (χ3v) is 5.69. The van der Waals surface area contributed by atoms with Crippen LogP contribution in [0.4, 0.5) is 0 Å². The van der Waals surface area contributed by atoms with Gasteiger partial charge < -0.3 is 5.11 Å². The highest BCUT2D eigenvalue weighted by Crippen LogP contribution is 2.45. The number of benzene rings is 2. The van der Waals surface area contributed by atoms with Crippen LogP contribution >= 0.6 is 7.92 Å². The Balaban J connectivity index is 2.59. The highest BCUT2D eigenvalue weighted by atomic mass is 31.1. The minimum absolute atomic E-state index is 0.348. The van der Waals surface area contributed by atoms with E-state index in [1.54, 1.807) is 6.08 Å². The molecule has 0 saturated heterocycles. The lowest BCUT2D eigenvalue weighted by Crippen LogP contribution is -2.13. The molecule has 0 spiro atoms. The van der Waals surface area contributed by atoms with Crippen LogP contribution in [0.2, 0.25) is 0 Å². The Morgan fingerprint density at radius 2 is 1.50 bits per heavy atom. The molecule has 0 atom stereocenters. The zero-order chi connectivity index (χ0) is 15.8. The van der Waals surface area contributed by atoms with Gasteiger partial charge in [0.1, 0.15) is 5.76 Å². The average molecular weight is 308 g/mol. The van der Waals surface area contributed by atoms with Gasteiger partial charge in [0.25, 0.3) is 0 Å². The van der Waals surface area contributed by atoms with Crippen molar-refractivity contribution < 1.29 is 5.11 Å². The summed E-state index contributed by atoms with van der Waals surface area (Å²) in [5.41, 5.74) is 0. The summed E-state index contributed by atoms with van der Waals surface area (Å²) in [7, 11) is -0.800. The van der Waals surface area contributed by atoms with Gasteiger partial charge in [-0.3, -0.25) is 0 Å². The first kappa shape index (κ1) is 16.3. The fourth-order valence-electron chi connectivity index (χ4n) is 2.27. The second kappa shape index (κ2) is 8.36. The van der Waals surface area contributed by atoms with Crippen LogP contribution in [-0.4, -0.2) is 5.11 Å². The zero-order valence-corrected chi connectivity index (χ0v) is 13.7. The van der Waals surface area contributed by atoms with Crippen molar-refractivity contribution in [3.8, 4) is 0 Å². The minimum Gasteiger partial charge on any atom is -0.508 e. The molecule has 0 aliphatic carbocycles. The van der Waals surface area contributed by atoms with Crippen LogP contribution < -0.4 is 10.6 Å². The average Bonchev–Trinajstić information content (AvgIpc) is 2.56. The Morgan fingerprint density at radius 1 is 1.00 bits per heavy atom. The fourth-order valence-corrected chi connectivity index (χ4v) is 4.64. The molecule has 0 aliphatic heterocycles. The molecule has 0 fully saturated rings. The van der Waals surface area contributed by atoms with Gasteiger partial charge in [0.05, 0.1) is 0 Å². The Labute approximate surface area is 134 Å². The molecule has 0 aliphatic rings. The minimum atomic E-state index is -0.800. The standard InChI is InChI=1S/C20H21OP/c1-3-11-19(21)20(12-4-2)22(17-13-7-5-8-14-17)18-15-9-6-10-16-18/h4-16,21H,2-3H2,1H3/b19-11+,20-12+. The largest absolute Gasteiger partial charge is 0.508 e. The number of hydrogen-bond donors (Lipinski definition) is 1. The molecule has 2 rings (SSSR count). The predicted molar refractivity (Wildman–Crippen MR) is 98.4 cm³/mol. The van der Waals surface area contributed by atoms with E-state index in [0.29, 0.717) is 5.76 Å². The Hall–Kier alpha value is -2.11. The van der Waals surface area contributed by atoms with E-state index < -0.39 is 7.92 Å². The van der Waals surface area contributed by atoms with Crippen molar-refractivity contribution in [2.45, 2.75) is 13.3 Å². The van der Waals surface area contributed by atoms with Crippen molar-refractivity contribution in [2.75, 3.05) is 0 Å². The Kier molecular flexibility index (Phi) is 6.18. The molecule has 0 radical (unpaired) electrons. The van der Waals surface area contributed by atoms with Crippen LogP contribution in [0, 0.1) is 0 Å². The normalized spacial score (nSPS) is 12.5. The maximum absolute atomic E-state index is 10.5. The van der Waals surface area contributed by atoms with Crippen LogP contribution in [0.15, 0.2) is 96.5 Å². The molecule has 2 heteroatoms. The van der Waals surface area contributed by atoms with E-state index in [1.165, 1.54) is 10.6 Å². The summed E-state index contributed by atoms with van der Waals surface area (Å²) in [6.07, 6.45) is 6.33. The monoisotopic (exact) mass is 308 g/mol. The van der Waals surface area contributed by atoms with Gasteiger partial charge in [0.2, 0.25) is 0 Å². The molecule has 0 heterocycles. The van der Waals surface area contributed by atoms with Gasteiger partial charge in [0, 0.05) is 5.31 Å². The molecular weight excluding hydrogens is 287 g/mol. The number of rotatable bonds is 6. The second-order valence-corrected chi connectivity index (χ2v) is 6.98. The Bertz CT molecular complexity index is 617. The van der Waals surface area contributed by atoms with Crippen molar-refractivity contribution in [2.24, 2.45) is 0 Å². The smallest absolute Gasteiger partial charge is 0.119 e. The molecule has 22 heavy (non-hydrogen) atoms. The third kappa shape index (κ3) is 3.96. The SMILES string of the molecule is C=C/C=C(\C(O)=C/CC)P(c1ccccc1)c1ccccc1. The first-order valence-electron chi connectivity index (χ1n) is 7.40. The topological polar surface area (TPSA) is 20.2 Å². The van der Waals surface area contributed by atoms with Gasteiger partial charge >= 0.3 is 0 Å². The molecule has 0 unspecified atom stereocenters. The third-order valence-electron chi connectivity index (χ3n) is 3.21. The van der Waals surface area contributed by atoms with Gasteiger partial charge in [-0.1, -0.05) is 86.3 Å². The lowest BCUT2D eigenvalue weighted by Gasteiger charge is -2.21. The van der Waals surface area contributed by atoms with Gasteiger partial charge in [-0.05, 0) is 31.0 Å². The molecule has 2 aromatic carbocycles. The van der Waals surface area contributed by atoms with E-state index in [4.69, 9.17) is 0 Å². The van der Waals surface area contributed by atoms with E-state index in [9.17, 15) is 5.11 Å². The molecule has 2 aromatic rings. The van der Waals surface area contributed by atoms with E-state index in [0.717, 1.165) is 11.7 Å². The first-order valence-corrected chi connectivity index (χ1v) is 8.74. The molecule has 0 saturated carbocycles. The number of allylic oxidation sites excluding steroid dienone is 4. The molecule has 112 valence electrons. The lowest BCUT2D eigenvalue weighted by atomic mass is 10.3. The van der Waals surface area contributed by atoms with Crippen LogP contribution in [0.5, 0.6) is 0 Å². The van der Waals surface area contributed by atoms with Crippen LogP contribution in [0.3, 0.4) is 0 Å². The molecule has 0 amide bonds. The summed E-state index contributed by atoms with van der Waals surface area (Å²) >= 11 is 0. The summed E-state index contributed by atoms with van der Waals surface area (Å²) in [5.74, 6) is 0.348. The highest BCUT2D eigenvalue weighted by Gasteiger charge is 2.20. The molecule has 1 nitrogen and oxygen atoms in total. The Morgan fingerprint density at radius 3 is 1.91 bits per heavy atom. The molecule has 0 aromatic heterocycles. The number of hydrogen-bond acceptors (Lipinski definition) is 1. The van der Waals surface area contributed by atoms with Crippen molar-refractivity contribution in [3.05, 3.63) is 96.5 Å². The van der Waals surface area contributed by atoms with Crippen molar-refractivity contribution >= 4 is 18.5 Å². The van der Waals surface area contributed by atoms with Crippen LogP contribution in [0.1, 0.15) is 13.3 Å². The summed E-state index contributed by atoms with van der Waals surface area (Å²) in [6.45, 7) is 5.83. The summed E-state index contributed by atoms with van der Waals surface area (Å²) in [5, 5.41) is 13.9. The first-order chi connectivity index (χ1) is 10.8. The summed E-state index contributed by atoms with van der Waals surface area (Å²) < 4.78 is 0. The maximum atomic E-state index is 10.5. The molecular formula is C20H21OP. The van der Waals surface area contributed by atoms with Gasteiger partial charge in [-0.2, -0.15) is 0 Å². The van der Waals surface area contributed by atoms with Crippen LogP contribution in [0.25, 0.3) is 0 Å². The zero-order valence-electron chi connectivity index (χ0n) is 12.8. The maximum Gasteiger partial charge on any atom is 0.119 e. The van der Waals surface area contributed by atoms with Gasteiger partial charge in [-0.15, -0.1) is 0 Å². The number of aliphatic hydroxyl groups excluding tert-OH is 1. The molecule has 0 bridgehead atoms.